The van der Waals surface area contributed by atoms with E-state index in [0.717, 1.165) is 6.42 Å². The van der Waals surface area contributed by atoms with Crippen molar-refractivity contribution in [1.29, 1.82) is 0 Å². The molecule has 0 saturated carbocycles. The first-order valence-electron chi connectivity index (χ1n) is 6.12. The number of rotatable bonds is 6. The third kappa shape index (κ3) is 5.29. The summed E-state index contributed by atoms with van der Waals surface area (Å²) in [7, 11) is 1.55. The van der Waals surface area contributed by atoms with Crippen LogP contribution < -0.4 is 20.7 Å². The van der Waals surface area contributed by atoms with Gasteiger partial charge in [-0.25, -0.2) is 4.79 Å². The van der Waals surface area contributed by atoms with E-state index in [2.05, 4.69) is 16.0 Å². The van der Waals surface area contributed by atoms with Gasteiger partial charge in [0.05, 0.1) is 19.3 Å². The van der Waals surface area contributed by atoms with Crippen LogP contribution in [0, 0.1) is 0 Å². The standard InChI is InChI=1S/C13H19N3O3/c1-3-8-14-13(18)16-12(17)9-15-10-6-4-5-7-11(10)19-2/h4-7,15H,3,8-9H2,1-2H3,(H2,14,16,17,18). The predicted molar refractivity (Wildman–Crippen MR) is 73.3 cm³/mol. The average molecular weight is 265 g/mol. The minimum absolute atomic E-state index is 0.0000810. The molecular formula is C13H19N3O3. The Hall–Kier alpha value is -2.24. The molecule has 0 radical (unpaired) electrons. The lowest BCUT2D eigenvalue weighted by Gasteiger charge is -2.10. The molecule has 1 aromatic carbocycles. The van der Waals surface area contributed by atoms with Crippen LogP contribution in [0.3, 0.4) is 0 Å². The van der Waals surface area contributed by atoms with Gasteiger partial charge in [0, 0.05) is 6.54 Å². The molecular weight excluding hydrogens is 246 g/mol. The molecule has 0 aliphatic heterocycles. The van der Waals surface area contributed by atoms with Gasteiger partial charge in [-0.3, -0.25) is 10.1 Å². The Morgan fingerprint density at radius 1 is 1.26 bits per heavy atom. The molecule has 0 atom stereocenters. The fourth-order valence-electron chi connectivity index (χ4n) is 1.42. The summed E-state index contributed by atoms with van der Waals surface area (Å²) in [6, 6.07) is 6.77. The molecule has 19 heavy (non-hydrogen) atoms. The number of hydrogen-bond donors (Lipinski definition) is 3. The summed E-state index contributed by atoms with van der Waals surface area (Å²) in [4.78, 5) is 22.8. The van der Waals surface area contributed by atoms with Crippen molar-refractivity contribution >= 4 is 17.6 Å². The maximum absolute atomic E-state index is 11.5. The zero-order valence-electron chi connectivity index (χ0n) is 11.2. The first-order valence-corrected chi connectivity index (χ1v) is 6.12. The molecule has 0 saturated heterocycles. The van der Waals surface area contributed by atoms with Gasteiger partial charge in [0.2, 0.25) is 5.91 Å². The van der Waals surface area contributed by atoms with Gasteiger partial charge < -0.3 is 15.4 Å². The quantitative estimate of drug-likeness (QED) is 0.725. The number of ether oxygens (including phenoxy) is 1. The van der Waals surface area contributed by atoms with E-state index in [4.69, 9.17) is 4.74 Å². The molecule has 0 fully saturated rings. The van der Waals surface area contributed by atoms with E-state index in [1.165, 1.54) is 0 Å². The molecule has 0 aliphatic rings. The van der Waals surface area contributed by atoms with Crippen LogP contribution in [0.25, 0.3) is 0 Å². The number of methoxy groups -OCH3 is 1. The second-order valence-corrected chi connectivity index (χ2v) is 3.86. The van der Waals surface area contributed by atoms with Crippen molar-refractivity contribution in [1.82, 2.24) is 10.6 Å². The summed E-state index contributed by atoms with van der Waals surface area (Å²) >= 11 is 0. The van der Waals surface area contributed by atoms with E-state index in [1.54, 1.807) is 19.2 Å². The molecule has 3 N–H and O–H groups in total. The number of para-hydroxylation sites is 2. The maximum Gasteiger partial charge on any atom is 0.321 e. The van der Waals surface area contributed by atoms with Crippen LogP contribution in [0.2, 0.25) is 0 Å². The Labute approximate surface area is 112 Å². The number of carbonyl (C=O) groups is 2. The Bertz CT molecular complexity index is 435. The molecule has 6 heteroatoms. The lowest BCUT2D eigenvalue weighted by Crippen LogP contribution is -2.42. The average Bonchev–Trinajstić information content (AvgIpc) is 2.43. The van der Waals surface area contributed by atoms with Gasteiger partial charge in [0.15, 0.2) is 0 Å². The molecule has 0 bridgehead atoms. The Kier molecular flexibility index (Phi) is 6.21. The molecule has 0 heterocycles. The minimum Gasteiger partial charge on any atom is -0.495 e. The summed E-state index contributed by atoms with van der Waals surface area (Å²) in [6.45, 7) is 2.48. The Morgan fingerprint density at radius 3 is 2.68 bits per heavy atom. The molecule has 1 aromatic rings. The summed E-state index contributed by atoms with van der Waals surface area (Å²) < 4.78 is 5.14. The normalized spacial score (nSPS) is 9.58. The zero-order chi connectivity index (χ0) is 14.1. The third-order valence-electron chi connectivity index (χ3n) is 2.33. The van der Waals surface area contributed by atoms with Crippen LogP contribution in [-0.4, -0.2) is 32.1 Å². The van der Waals surface area contributed by atoms with E-state index < -0.39 is 11.9 Å². The van der Waals surface area contributed by atoms with Crippen molar-refractivity contribution in [3.63, 3.8) is 0 Å². The lowest BCUT2D eigenvalue weighted by atomic mass is 10.3. The third-order valence-corrected chi connectivity index (χ3v) is 2.33. The van der Waals surface area contributed by atoms with Gasteiger partial charge in [0.1, 0.15) is 5.75 Å². The topological polar surface area (TPSA) is 79.5 Å². The highest BCUT2D eigenvalue weighted by atomic mass is 16.5. The van der Waals surface area contributed by atoms with E-state index in [-0.39, 0.29) is 6.54 Å². The van der Waals surface area contributed by atoms with Crippen molar-refractivity contribution in [2.24, 2.45) is 0 Å². The van der Waals surface area contributed by atoms with Crippen molar-refractivity contribution in [3.8, 4) is 5.75 Å². The molecule has 0 aliphatic carbocycles. The number of benzene rings is 1. The first-order chi connectivity index (χ1) is 9.17. The highest BCUT2D eigenvalue weighted by Crippen LogP contribution is 2.22. The highest BCUT2D eigenvalue weighted by Gasteiger charge is 2.07. The van der Waals surface area contributed by atoms with Crippen LogP contribution in [0.1, 0.15) is 13.3 Å². The van der Waals surface area contributed by atoms with Crippen LogP contribution >= 0.6 is 0 Å². The van der Waals surface area contributed by atoms with E-state index in [1.807, 2.05) is 19.1 Å². The van der Waals surface area contributed by atoms with Crippen LogP contribution in [0.5, 0.6) is 5.75 Å². The number of amides is 3. The number of anilines is 1. The van der Waals surface area contributed by atoms with Crippen LogP contribution in [0.15, 0.2) is 24.3 Å². The molecule has 0 spiro atoms. The largest absolute Gasteiger partial charge is 0.495 e. The van der Waals surface area contributed by atoms with Gasteiger partial charge in [-0.2, -0.15) is 0 Å². The van der Waals surface area contributed by atoms with Gasteiger partial charge in [-0.05, 0) is 18.6 Å². The molecule has 0 aromatic heterocycles. The van der Waals surface area contributed by atoms with E-state index in [9.17, 15) is 9.59 Å². The van der Waals surface area contributed by atoms with Crippen molar-refractivity contribution < 1.29 is 14.3 Å². The Morgan fingerprint density at radius 2 is 2.00 bits per heavy atom. The predicted octanol–water partition coefficient (Wildman–Crippen LogP) is 1.34. The van der Waals surface area contributed by atoms with E-state index in [0.29, 0.717) is 18.0 Å². The van der Waals surface area contributed by atoms with Gasteiger partial charge >= 0.3 is 6.03 Å². The monoisotopic (exact) mass is 265 g/mol. The number of imide groups is 1. The maximum atomic E-state index is 11.5. The van der Waals surface area contributed by atoms with Crippen LogP contribution in [0.4, 0.5) is 10.5 Å². The highest BCUT2D eigenvalue weighted by molar-refractivity contribution is 5.96. The first kappa shape index (κ1) is 14.8. The molecule has 6 nitrogen and oxygen atoms in total. The van der Waals surface area contributed by atoms with Gasteiger partial charge in [-0.15, -0.1) is 0 Å². The number of hydrogen-bond acceptors (Lipinski definition) is 4. The minimum atomic E-state index is -0.478. The number of urea groups is 1. The summed E-state index contributed by atoms with van der Waals surface area (Å²) in [5.41, 5.74) is 0.703. The summed E-state index contributed by atoms with van der Waals surface area (Å²) in [5.74, 6) is 0.241. The molecule has 0 unspecified atom stereocenters. The van der Waals surface area contributed by atoms with E-state index >= 15 is 0 Å². The van der Waals surface area contributed by atoms with Crippen molar-refractivity contribution in [3.05, 3.63) is 24.3 Å². The molecule has 1 rings (SSSR count). The van der Waals surface area contributed by atoms with Gasteiger partial charge in [0.25, 0.3) is 0 Å². The fraction of sp³-hybridized carbons (Fsp3) is 0.385. The number of nitrogens with one attached hydrogen (secondary N) is 3. The lowest BCUT2D eigenvalue weighted by molar-refractivity contribution is -0.118. The zero-order valence-corrected chi connectivity index (χ0v) is 11.2. The summed E-state index contributed by atoms with van der Waals surface area (Å²) in [6.07, 6.45) is 0.821. The summed E-state index contributed by atoms with van der Waals surface area (Å²) in [5, 5.41) is 7.70. The smallest absolute Gasteiger partial charge is 0.321 e. The van der Waals surface area contributed by atoms with Gasteiger partial charge in [-0.1, -0.05) is 19.1 Å². The SMILES string of the molecule is CCCNC(=O)NC(=O)CNc1ccccc1OC. The second-order valence-electron chi connectivity index (χ2n) is 3.86. The molecule has 3 amide bonds. The number of carbonyl (C=O) groups excluding carboxylic acids is 2. The van der Waals surface area contributed by atoms with Crippen LogP contribution in [-0.2, 0) is 4.79 Å². The Balaban J connectivity index is 2.39. The second kappa shape index (κ2) is 7.97. The fourth-order valence-corrected chi connectivity index (χ4v) is 1.42. The van der Waals surface area contributed by atoms with Crippen molar-refractivity contribution in [2.45, 2.75) is 13.3 Å². The van der Waals surface area contributed by atoms with Crippen molar-refractivity contribution in [2.75, 3.05) is 25.5 Å². The molecule has 104 valence electrons.